The lowest BCUT2D eigenvalue weighted by Gasteiger charge is -2.34. The third kappa shape index (κ3) is 3.46. The lowest BCUT2D eigenvalue weighted by molar-refractivity contribution is -0.138. The number of hydrogen-bond donors (Lipinski definition) is 1. The molecule has 2 saturated heterocycles. The van der Waals surface area contributed by atoms with Gasteiger partial charge >= 0.3 is 12.0 Å². The van der Waals surface area contributed by atoms with E-state index in [1.54, 1.807) is 9.80 Å². The van der Waals surface area contributed by atoms with Crippen molar-refractivity contribution >= 4 is 21.8 Å². The SMILES string of the molecule is CC(C)N(C(=O)N1C[C@@H]2[C@@H](CC(=O)O)CS(=O)(=O)[C@@H]2C1)C(C)C. The van der Waals surface area contributed by atoms with E-state index in [4.69, 9.17) is 5.11 Å². The van der Waals surface area contributed by atoms with Crippen molar-refractivity contribution in [1.29, 1.82) is 0 Å². The minimum Gasteiger partial charge on any atom is -0.481 e. The fraction of sp³-hybridized carbons (Fsp3) is 0.867. The Morgan fingerprint density at radius 3 is 2.22 bits per heavy atom. The number of likely N-dealkylation sites (tertiary alicyclic amines) is 1. The first-order chi connectivity index (χ1) is 10.5. The molecule has 0 unspecified atom stereocenters. The van der Waals surface area contributed by atoms with Gasteiger partial charge in [-0.15, -0.1) is 0 Å². The van der Waals surface area contributed by atoms with Gasteiger partial charge in [0.1, 0.15) is 0 Å². The summed E-state index contributed by atoms with van der Waals surface area (Å²) in [6, 6.07) is -0.114. The molecule has 0 bridgehead atoms. The Balaban J connectivity index is 2.18. The van der Waals surface area contributed by atoms with Gasteiger partial charge in [-0.3, -0.25) is 4.79 Å². The van der Waals surface area contributed by atoms with Crippen molar-refractivity contribution in [1.82, 2.24) is 9.80 Å². The van der Waals surface area contributed by atoms with E-state index in [0.717, 1.165) is 0 Å². The standard InChI is InChI=1S/C15H26N2O5S/c1-9(2)17(10(3)4)15(20)16-6-12-11(5-14(18)19)8-23(21,22)13(12)7-16/h9-13H,5-8H2,1-4H3,(H,18,19)/t11-,12+,13+/m0/s1. The molecule has 7 nitrogen and oxygen atoms in total. The second-order valence-corrected chi connectivity index (χ2v) is 9.44. The summed E-state index contributed by atoms with van der Waals surface area (Å²) < 4.78 is 24.6. The van der Waals surface area contributed by atoms with Crippen molar-refractivity contribution in [3.05, 3.63) is 0 Å². The normalized spacial score (nSPS) is 29.1. The molecule has 0 aromatic rings. The molecule has 2 heterocycles. The molecule has 2 fully saturated rings. The van der Waals surface area contributed by atoms with Gasteiger partial charge in [0.15, 0.2) is 9.84 Å². The van der Waals surface area contributed by atoms with Crippen molar-refractivity contribution in [2.24, 2.45) is 11.8 Å². The lowest BCUT2D eigenvalue weighted by Crippen LogP contribution is -2.49. The molecule has 132 valence electrons. The Hall–Kier alpha value is -1.31. The number of hydrogen-bond acceptors (Lipinski definition) is 4. The van der Waals surface area contributed by atoms with Gasteiger partial charge in [0, 0.05) is 31.6 Å². The predicted octanol–water partition coefficient (Wildman–Crippen LogP) is 1.04. The van der Waals surface area contributed by atoms with Gasteiger partial charge in [0.25, 0.3) is 0 Å². The van der Waals surface area contributed by atoms with E-state index >= 15 is 0 Å². The van der Waals surface area contributed by atoms with Crippen LogP contribution in [0.2, 0.25) is 0 Å². The Labute approximate surface area is 137 Å². The number of carboxylic acid groups (broad SMARTS) is 1. The molecule has 0 radical (unpaired) electrons. The van der Waals surface area contributed by atoms with E-state index in [9.17, 15) is 18.0 Å². The number of rotatable bonds is 4. The highest BCUT2D eigenvalue weighted by atomic mass is 32.2. The summed E-state index contributed by atoms with van der Waals surface area (Å²) in [4.78, 5) is 27.0. The van der Waals surface area contributed by atoms with E-state index in [2.05, 4.69) is 0 Å². The minimum absolute atomic E-state index is 0.0226. The van der Waals surface area contributed by atoms with Crippen LogP contribution in [-0.4, -0.2) is 71.5 Å². The van der Waals surface area contributed by atoms with Crippen LogP contribution in [0.5, 0.6) is 0 Å². The smallest absolute Gasteiger partial charge is 0.320 e. The zero-order chi connectivity index (χ0) is 17.5. The van der Waals surface area contributed by atoms with Crippen LogP contribution in [0, 0.1) is 11.8 Å². The number of carboxylic acids is 1. The summed E-state index contributed by atoms with van der Waals surface area (Å²) in [5, 5.41) is 8.38. The average molecular weight is 346 g/mol. The zero-order valence-electron chi connectivity index (χ0n) is 14.1. The van der Waals surface area contributed by atoms with E-state index in [0.29, 0.717) is 6.54 Å². The third-order valence-corrected chi connectivity index (χ3v) is 7.18. The number of sulfone groups is 1. The van der Waals surface area contributed by atoms with Gasteiger partial charge in [-0.2, -0.15) is 0 Å². The molecule has 2 amide bonds. The maximum absolute atomic E-state index is 12.7. The van der Waals surface area contributed by atoms with E-state index < -0.39 is 27.0 Å². The zero-order valence-corrected chi connectivity index (χ0v) is 14.9. The molecular weight excluding hydrogens is 320 g/mol. The fourth-order valence-corrected chi connectivity index (χ4v) is 6.43. The molecule has 3 atom stereocenters. The number of nitrogens with zero attached hydrogens (tertiary/aromatic N) is 2. The quantitative estimate of drug-likeness (QED) is 0.821. The summed E-state index contributed by atoms with van der Waals surface area (Å²) in [5.41, 5.74) is 0. The van der Waals surface area contributed by atoms with E-state index in [1.807, 2.05) is 27.7 Å². The number of carbonyl (C=O) groups excluding carboxylic acids is 1. The van der Waals surface area contributed by atoms with Crippen LogP contribution in [-0.2, 0) is 14.6 Å². The Morgan fingerprint density at radius 2 is 1.74 bits per heavy atom. The van der Waals surface area contributed by atoms with Crippen LogP contribution in [0.25, 0.3) is 0 Å². The van der Waals surface area contributed by atoms with Gasteiger partial charge in [0.05, 0.1) is 11.0 Å². The summed E-state index contributed by atoms with van der Waals surface area (Å²) in [7, 11) is -3.33. The second kappa shape index (κ2) is 6.30. The fourth-order valence-electron chi connectivity index (χ4n) is 3.97. The van der Waals surface area contributed by atoms with Crippen molar-refractivity contribution < 1.29 is 23.1 Å². The van der Waals surface area contributed by atoms with Crippen molar-refractivity contribution in [2.75, 3.05) is 18.8 Å². The summed E-state index contributed by atoms with van der Waals surface area (Å²) in [5.74, 6) is -1.72. The average Bonchev–Trinajstić information content (AvgIpc) is 2.89. The highest BCUT2D eigenvalue weighted by molar-refractivity contribution is 7.92. The molecule has 2 aliphatic rings. The topological polar surface area (TPSA) is 95.0 Å². The summed E-state index contributed by atoms with van der Waals surface area (Å²) in [6.45, 7) is 8.23. The van der Waals surface area contributed by atoms with Crippen molar-refractivity contribution in [3.8, 4) is 0 Å². The van der Waals surface area contributed by atoms with E-state index in [-0.39, 0.29) is 42.8 Å². The largest absolute Gasteiger partial charge is 0.481 e. The van der Waals surface area contributed by atoms with Crippen LogP contribution in [0.15, 0.2) is 0 Å². The Kier molecular flexibility index (Phi) is 4.94. The van der Waals surface area contributed by atoms with Crippen LogP contribution in [0.4, 0.5) is 4.79 Å². The van der Waals surface area contributed by atoms with Gasteiger partial charge < -0.3 is 14.9 Å². The van der Waals surface area contributed by atoms with E-state index in [1.165, 1.54) is 0 Å². The van der Waals surface area contributed by atoms with Gasteiger partial charge in [-0.05, 0) is 39.5 Å². The van der Waals surface area contributed by atoms with Crippen LogP contribution >= 0.6 is 0 Å². The van der Waals surface area contributed by atoms with Crippen molar-refractivity contribution in [2.45, 2.75) is 51.4 Å². The van der Waals surface area contributed by atoms with Gasteiger partial charge in [0.2, 0.25) is 0 Å². The number of aliphatic carboxylic acids is 1. The van der Waals surface area contributed by atoms with Gasteiger partial charge in [-0.1, -0.05) is 0 Å². The molecule has 0 spiro atoms. The maximum Gasteiger partial charge on any atom is 0.320 e. The van der Waals surface area contributed by atoms with Crippen LogP contribution in [0.3, 0.4) is 0 Å². The van der Waals surface area contributed by atoms with Crippen molar-refractivity contribution in [3.63, 3.8) is 0 Å². The highest BCUT2D eigenvalue weighted by Crippen LogP contribution is 2.40. The first-order valence-electron chi connectivity index (χ1n) is 8.05. The van der Waals surface area contributed by atoms with Crippen LogP contribution in [0.1, 0.15) is 34.1 Å². The molecule has 8 heteroatoms. The molecule has 2 aliphatic heterocycles. The summed E-state index contributed by atoms with van der Waals surface area (Å²) in [6.07, 6.45) is -0.152. The molecule has 0 aliphatic carbocycles. The highest BCUT2D eigenvalue weighted by Gasteiger charge is 2.53. The monoisotopic (exact) mass is 346 g/mol. The molecule has 0 saturated carbocycles. The number of carbonyl (C=O) groups is 2. The third-order valence-electron chi connectivity index (χ3n) is 4.86. The van der Waals surface area contributed by atoms with Crippen LogP contribution < -0.4 is 0 Å². The maximum atomic E-state index is 12.7. The molecule has 1 N–H and O–H groups in total. The molecule has 0 aromatic carbocycles. The molecule has 2 rings (SSSR count). The second-order valence-electron chi connectivity index (χ2n) is 7.17. The minimum atomic E-state index is -3.33. The Morgan fingerprint density at radius 1 is 1.17 bits per heavy atom. The summed E-state index contributed by atoms with van der Waals surface area (Å²) >= 11 is 0. The van der Waals surface area contributed by atoms with Gasteiger partial charge in [-0.25, -0.2) is 13.2 Å². The molecule has 0 aromatic heterocycles. The first-order valence-corrected chi connectivity index (χ1v) is 9.76. The number of amides is 2. The first kappa shape index (κ1) is 18.0. The molecule has 23 heavy (non-hydrogen) atoms. The predicted molar refractivity (Wildman–Crippen MR) is 85.9 cm³/mol. The molecular formula is C15H26N2O5S. The number of fused-ring (bicyclic) bond motifs is 1. The lowest BCUT2D eigenvalue weighted by atomic mass is 9.91. The number of urea groups is 1. The Bertz CT molecular complexity index is 579.